The maximum absolute atomic E-state index is 5.16. The van der Waals surface area contributed by atoms with Gasteiger partial charge in [-0.15, -0.1) is 0 Å². The molecule has 0 bridgehead atoms. The van der Waals surface area contributed by atoms with Crippen LogP contribution < -0.4 is 10.2 Å². The Bertz CT molecular complexity index is 1550. The number of rotatable bonds is 8. The lowest BCUT2D eigenvalue weighted by Crippen LogP contribution is -2.29. The van der Waals surface area contributed by atoms with Crippen molar-refractivity contribution in [3.05, 3.63) is 126 Å². The van der Waals surface area contributed by atoms with E-state index in [4.69, 9.17) is 9.98 Å². The van der Waals surface area contributed by atoms with E-state index in [1.165, 1.54) is 30.5 Å². The highest BCUT2D eigenvalue weighted by atomic mass is 15.1. The highest BCUT2D eigenvalue weighted by Crippen LogP contribution is 2.30. The molecule has 3 aromatic rings. The van der Waals surface area contributed by atoms with Crippen molar-refractivity contribution in [1.82, 2.24) is 0 Å². The molecule has 0 aromatic heterocycles. The number of fused-ring (bicyclic) bond motifs is 1. The lowest BCUT2D eigenvalue weighted by molar-refractivity contribution is 0.578. The smallest absolute Gasteiger partial charge is 0.0729 e. The summed E-state index contributed by atoms with van der Waals surface area (Å²) in [4.78, 5) is 12.4. The number of benzene rings is 3. The number of hydrogen-bond acceptors (Lipinski definition) is 4. The first-order chi connectivity index (χ1) is 19.7. The molecular formula is C36H36N4. The SMILES string of the molecule is C=C(Nc1cccc(/C=C\C)c1)c1cccc(C2=CC3C=CN=C3C(Cc3ccc(N4CCCCC4)cc3)=N2)c1. The van der Waals surface area contributed by atoms with Crippen LogP contribution in [0.15, 0.2) is 114 Å². The van der Waals surface area contributed by atoms with Gasteiger partial charge in [-0.2, -0.15) is 0 Å². The molecule has 3 aliphatic heterocycles. The second kappa shape index (κ2) is 11.7. The molecule has 4 heteroatoms. The number of nitrogens with zero attached hydrogens (tertiary/aromatic N) is 3. The Labute approximate surface area is 237 Å². The predicted octanol–water partition coefficient (Wildman–Crippen LogP) is 8.42. The van der Waals surface area contributed by atoms with Crippen LogP contribution in [0.4, 0.5) is 11.4 Å². The van der Waals surface area contributed by atoms with Gasteiger partial charge in [0.1, 0.15) is 0 Å². The minimum absolute atomic E-state index is 0.162. The normalized spacial score (nSPS) is 18.3. The first-order valence-electron chi connectivity index (χ1n) is 14.3. The van der Waals surface area contributed by atoms with Crippen molar-refractivity contribution in [3.8, 4) is 0 Å². The summed E-state index contributed by atoms with van der Waals surface area (Å²) in [5, 5.41) is 3.48. The molecule has 0 aliphatic carbocycles. The number of allylic oxidation sites excluding steroid dienone is 3. The zero-order valence-electron chi connectivity index (χ0n) is 23.2. The Kier molecular flexibility index (Phi) is 7.58. The third kappa shape index (κ3) is 5.76. The standard InChI is InChI=1S/C36H36N4/c1-3-9-27-10-7-13-32(22-27)38-26(2)29-11-8-12-30(24-29)34-25-31-18-19-37-36(31)35(39-34)23-28-14-16-33(17-15-28)40-20-5-4-6-21-40/h3,7-19,22,24-25,31,38H,2,4-6,20-21,23H2,1H3/b9-3-. The Hall–Kier alpha value is -4.44. The van der Waals surface area contributed by atoms with Gasteiger partial charge in [-0.1, -0.05) is 67.3 Å². The number of hydrogen-bond donors (Lipinski definition) is 1. The molecular weight excluding hydrogens is 488 g/mol. The fourth-order valence-electron chi connectivity index (χ4n) is 5.69. The number of nitrogens with one attached hydrogen (secondary N) is 1. The van der Waals surface area contributed by atoms with Gasteiger partial charge in [-0.3, -0.25) is 9.98 Å². The molecule has 200 valence electrons. The second-order valence-corrected chi connectivity index (χ2v) is 10.7. The fourth-order valence-corrected chi connectivity index (χ4v) is 5.69. The molecule has 6 rings (SSSR count). The van der Waals surface area contributed by atoms with E-state index in [-0.39, 0.29) is 5.92 Å². The van der Waals surface area contributed by atoms with E-state index < -0.39 is 0 Å². The van der Waals surface area contributed by atoms with Gasteiger partial charge in [0.15, 0.2) is 0 Å². The summed E-state index contributed by atoms with van der Waals surface area (Å²) in [7, 11) is 0. The molecule has 1 saturated heterocycles. The van der Waals surface area contributed by atoms with Gasteiger partial charge in [0.25, 0.3) is 0 Å². The van der Waals surface area contributed by atoms with Crippen LogP contribution in [0.5, 0.6) is 0 Å². The molecule has 0 saturated carbocycles. The first-order valence-corrected chi connectivity index (χ1v) is 14.3. The summed E-state index contributed by atoms with van der Waals surface area (Å²) in [6.45, 7) is 8.68. The molecule has 0 amide bonds. The highest BCUT2D eigenvalue weighted by Gasteiger charge is 2.26. The minimum Gasteiger partial charge on any atom is -0.372 e. The van der Waals surface area contributed by atoms with Gasteiger partial charge in [0.2, 0.25) is 0 Å². The molecule has 1 fully saturated rings. The summed E-state index contributed by atoms with van der Waals surface area (Å²) in [6.07, 6.45) is 15.1. The maximum atomic E-state index is 5.16. The van der Waals surface area contributed by atoms with Crippen molar-refractivity contribution in [1.29, 1.82) is 0 Å². The van der Waals surface area contributed by atoms with Crippen LogP contribution in [0.1, 0.15) is 48.4 Å². The zero-order valence-corrected chi connectivity index (χ0v) is 23.2. The van der Waals surface area contributed by atoms with Crippen molar-refractivity contribution >= 4 is 40.3 Å². The molecule has 1 atom stereocenters. The number of piperidine rings is 1. The molecule has 3 aromatic carbocycles. The van der Waals surface area contributed by atoms with Crippen molar-refractivity contribution in [3.63, 3.8) is 0 Å². The number of anilines is 2. The third-order valence-electron chi connectivity index (χ3n) is 7.79. The molecule has 3 aliphatic rings. The van der Waals surface area contributed by atoms with E-state index >= 15 is 0 Å². The van der Waals surface area contributed by atoms with Crippen molar-refractivity contribution < 1.29 is 0 Å². The molecule has 3 heterocycles. The molecule has 40 heavy (non-hydrogen) atoms. The third-order valence-corrected chi connectivity index (χ3v) is 7.79. The molecule has 1 unspecified atom stereocenters. The van der Waals surface area contributed by atoms with Gasteiger partial charge >= 0.3 is 0 Å². The summed E-state index contributed by atoms with van der Waals surface area (Å²) >= 11 is 0. The lowest BCUT2D eigenvalue weighted by Gasteiger charge is -2.29. The summed E-state index contributed by atoms with van der Waals surface area (Å²) in [5.74, 6) is 0.162. The van der Waals surface area contributed by atoms with E-state index in [9.17, 15) is 0 Å². The highest BCUT2D eigenvalue weighted by molar-refractivity contribution is 6.46. The van der Waals surface area contributed by atoms with Gasteiger partial charge < -0.3 is 10.2 Å². The van der Waals surface area contributed by atoms with Gasteiger partial charge in [0, 0.05) is 54.3 Å². The van der Waals surface area contributed by atoms with Gasteiger partial charge in [0.05, 0.1) is 17.1 Å². The van der Waals surface area contributed by atoms with Crippen LogP contribution in [0, 0.1) is 5.92 Å². The van der Waals surface area contributed by atoms with E-state index in [1.807, 2.05) is 19.2 Å². The maximum Gasteiger partial charge on any atom is 0.0729 e. The fraction of sp³-hybridized carbons (Fsp3) is 0.222. The van der Waals surface area contributed by atoms with E-state index in [1.54, 1.807) is 0 Å². The van der Waals surface area contributed by atoms with Gasteiger partial charge in [-0.05, 0) is 79.3 Å². The minimum atomic E-state index is 0.162. The second-order valence-electron chi connectivity index (χ2n) is 10.7. The van der Waals surface area contributed by atoms with E-state index in [0.717, 1.165) is 64.7 Å². The predicted molar refractivity (Wildman–Crippen MR) is 172 cm³/mol. The number of aliphatic imine (C=N–C) groups is 2. The molecule has 0 spiro atoms. The Morgan fingerprint density at radius 2 is 1.82 bits per heavy atom. The Morgan fingerprint density at radius 3 is 2.65 bits per heavy atom. The van der Waals surface area contributed by atoms with Crippen molar-refractivity contribution in [2.45, 2.75) is 32.6 Å². The van der Waals surface area contributed by atoms with Crippen LogP contribution in [0.25, 0.3) is 17.5 Å². The first kappa shape index (κ1) is 25.8. The molecule has 1 N–H and O–H groups in total. The van der Waals surface area contributed by atoms with Crippen LogP contribution in [-0.4, -0.2) is 24.5 Å². The summed E-state index contributed by atoms with van der Waals surface area (Å²) < 4.78 is 0. The molecule has 4 nitrogen and oxygen atoms in total. The van der Waals surface area contributed by atoms with Crippen molar-refractivity contribution in [2.75, 3.05) is 23.3 Å². The van der Waals surface area contributed by atoms with Gasteiger partial charge in [-0.25, -0.2) is 0 Å². The topological polar surface area (TPSA) is 40.0 Å². The monoisotopic (exact) mass is 524 g/mol. The van der Waals surface area contributed by atoms with Crippen LogP contribution in [-0.2, 0) is 6.42 Å². The summed E-state index contributed by atoms with van der Waals surface area (Å²) in [6, 6.07) is 25.9. The van der Waals surface area contributed by atoms with Crippen molar-refractivity contribution in [2.24, 2.45) is 15.9 Å². The van der Waals surface area contributed by atoms with Crippen LogP contribution in [0.3, 0.4) is 0 Å². The van der Waals surface area contributed by atoms with Crippen LogP contribution in [0.2, 0.25) is 0 Å². The molecule has 0 radical (unpaired) electrons. The Balaban J connectivity index is 1.21. The largest absolute Gasteiger partial charge is 0.372 e. The summed E-state index contributed by atoms with van der Waals surface area (Å²) in [5.41, 5.74) is 10.8. The lowest BCUT2D eigenvalue weighted by atomic mass is 9.91. The van der Waals surface area contributed by atoms with E-state index in [2.05, 4.69) is 108 Å². The Morgan fingerprint density at radius 1 is 1.00 bits per heavy atom. The average molecular weight is 525 g/mol. The van der Waals surface area contributed by atoms with Crippen LogP contribution >= 0.6 is 0 Å². The van der Waals surface area contributed by atoms with E-state index in [0.29, 0.717) is 0 Å². The quantitative estimate of drug-likeness (QED) is 0.321. The average Bonchev–Trinajstić information content (AvgIpc) is 3.48. The zero-order chi connectivity index (χ0) is 27.3.